The van der Waals surface area contributed by atoms with Gasteiger partial charge in [-0.2, -0.15) is 0 Å². The average molecular weight is 446 g/mol. The van der Waals surface area contributed by atoms with E-state index < -0.39 is 54.1 Å². The first-order valence-electron chi connectivity index (χ1n) is 9.78. The van der Waals surface area contributed by atoms with Gasteiger partial charge in [-0.15, -0.1) is 0 Å². The molecule has 0 fully saturated rings. The van der Waals surface area contributed by atoms with E-state index >= 15 is 0 Å². The normalized spacial score (nSPS) is 13.6. The van der Waals surface area contributed by atoms with Crippen molar-refractivity contribution in [2.24, 2.45) is 11.5 Å². The van der Waals surface area contributed by atoms with Crippen molar-refractivity contribution in [1.82, 2.24) is 20.9 Å². The van der Waals surface area contributed by atoms with Gasteiger partial charge in [0.1, 0.15) is 18.1 Å². The van der Waals surface area contributed by atoms with Crippen molar-refractivity contribution in [2.75, 3.05) is 6.54 Å². The summed E-state index contributed by atoms with van der Waals surface area (Å²) in [6.07, 6.45) is 1.24. The lowest BCUT2D eigenvalue weighted by molar-refractivity contribution is -0.143. The quantitative estimate of drug-likeness (QED) is 0.208. The minimum Gasteiger partial charge on any atom is -0.480 e. The molecule has 9 N–H and O–H groups in total. The number of nitrogens with two attached hydrogens (primary N) is 2. The number of aromatic nitrogens is 1. The van der Waals surface area contributed by atoms with Gasteiger partial charge in [0.25, 0.3) is 0 Å². The molecule has 1 heterocycles. The SMILES string of the molecule is CC(NC(=O)C(Cc1c[nH]c2ccccc12)NC(=O)CN)C(=O)NC(CC(N)=O)C(=O)O. The van der Waals surface area contributed by atoms with Crippen molar-refractivity contribution in [3.8, 4) is 0 Å². The highest BCUT2D eigenvalue weighted by Crippen LogP contribution is 2.19. The molecular weight excluding hydrogens is 420 g/mol. The molecule has 1 aromatic heterocycles. The number of aromatic amines is 1. The summed E-state index contributed by atoms with van der Waals surface area (Å²) in [6, 6.07) is 3.69. The van der Waals surface area contributed by atoms with Crippen molar-refractivity contribution in [2.45, 2.75) is 37.9 Å². The third-order valence-corrected chi connectivity index (χ3v) is 4.71. The van der Waals surface area contributed by atoms with Gasteiger partial charge >= 0.3 is 5.97 Å². The second kappa shape index (κ2) is 10.9. The van der Waals surface area contributed by atoms with Crippen molar-refractivity contribution < 1.29 is 29.1 Å². The summed E-state index contributed by atoms with van der Waals surface area (Å²) in [5.41, 5.74) is 12.0. The Balaban J connectivity index is 2.11. The highest BCUT2D eigenvalue weighted by atomic mass is 16.4. The molecule has 2 aromatic rings. The zero-order chi connectivity index (χ0) is 23.8. The van der Waals surface area contributed by atoms with E-state index in [4.69, 9.17) is 16.6 Å². The molecule has 0 bridgehead atoms. The minimum atomic E-state index is -1.53. The number of carbonyl (C=O) groups is 5. The highest BCUT2D eigenvalue weighted by molar-refractivity contribution is 5.95. The lowest BCUT2D eigenvalue weighted by atomic mass is 10.0. The molecule has 0 saturated heterocycles. The Kier molecular flexibility index (Phi) is 8.30. The van der Waals surface area contributed by atoms with E-state index in [1.807, 2.05) is 24.3 Å². The number of aliphatic carboxylic acids is 1. The maximum absolute atomic E-state index is 12.8. The van der Waals surface area contributed by atoms with Crippen LogP contribution in [0.2, 0.25) is 0 Å². The minimum absolute atomic E-state index is 0.120. The van der Waals surface area contributed by atoms with E-state index in [9.17, 15) is 24.0 Å². The maximum atomic E-state index is 12.8. The maximum Gasteiger partial charge on any atom is 0.326 e. The zero-order valence-corrected chi connectivity index (χ0v) is 17.4. The molecule has 3 atom stereocenters. The van der Waals surface area contributed by atoms with Gasteiger partial charge in [0, 0.05) is 23.5 Å². The number of primary amides is 1. The fraction of sp³-hybridized carbons (Fsp3) is 0.350. The first-order chi connectivity index (χ1) is 15.1. The molecule has 2 rings (SSSR count). The molecule has 0 spiro atoms. The second-order valence-corrected chi connectivity index (χ2v) is 7.19. The molecule has 12 nitrogen and oxygen atoms in total. The van der Waals surface area contributed by atoms with Gasteiger partial charge in [0.15, 0.2) is 0 Å². The Hall–Kier alpha value is -3.93. The van der Waals surface area contributed by atoms with E-state index in [2.05, 4.69) is 20.9 Å². The summed E-state index contributed by atoms with van der Waals surface area (Å²) in [7, 11) is 0. The number of carbonyl (C=O) groups excluding carboxylic acids is 4. The Morgan fingerprint density at radius 3 is 2.34 bits per heavy atom. The molecule has 0 saturated carbocycles. The van der Waals surface area contributed by atoms with Crippen molar-refractivity contribution in [1.29, 1.82) is 0 Å². The fourth-order valence-electron chi connectivity index (χ4n) is 3.06. The van der Waals surface area contributed by atoms with Crippen LogP contribution in [0.3, 0.4) is 0 Å². The van der Waals surface area contributed by atoms with Crippen molar-refractivity contribution in [3.63, 3.8) is 0 Å². The number of benzene rings is 1. The summed E-state index contributed by atoms with van der Waals surface area (Å²) in [4.78, 5) is 62.2. The Labute approximate surface area is 183 Å². The Morgan fingerprint density at radius 2 is 1.72 bits per heavy atom. The lowest BCUT2D eigenvalue weighted by Gasteiger charge is -2.22. The average Bonchev–Trinajstić information content (AvgIpc) is 3.14. The van der Waals surface area contributed by atoms with Crippen LogP contribution < -0.4 is 27.4 Å². The molecule has 0 aliphatic rings. The molecule has 32 heavy (non-hydrogen) atoms. The van der Waals surface area contributed by atoms with Crippen LogP contribution in [0.25, 0.3) is 10.9 Å². The molecular formula is C20H26N6O6. The molecule has 172 valence electrons. The van der Waals surface area contributed by atoms with E-state index in [1.165, 1.54) is 6.92 Å². The zero-order valence-electron chi connectivity index (χ0n) is 17.4. The molecule has 3 unspecified atom stereocenters. The van der Waals surface area contributed by atoms with Crippen LogP contribution in [0.15, 0.2) is 30.5 Å². The van der Waals surface area contributed by atoms with Gasteiger partial charge in [-0.3, -0.25) is 19.2 Å². The van der Waals surface area contributed by atoms with Crippen LogP contribution >= 0.6 is 0 Å². The van der Waals surface area contributed by atoms with E-state index in [-0.39, 0.29) is 13.0 Å². The van der Waals surface area contributed by atoms with E-state index in [0.717, 1.165) is 16.5 Å². The van der Waals surface area contributed by atoms with Gasteiger partial charge in [-0.25, -0.2) is 4.79 Å². The monoisotopic (exact) mass is 446 g/mol. The van der Waals surface area contributed by atoms with Gasteiger partial charge in [0.2, 0.25) is 23.6 Å². The van der Waals surface area contributed by atoms with Crippen LogP contribution in [0.1, 0.15) is 18.9 Å². The number of H-pyrrole nitrogens is 1. The fourth-order valence-corrected chi connectivity index (χ4v) is 3.06. The predicted molar refractivity (Wildman–Crippen MR) is 114 cm³/mol. The smallest absolute Gasteiger partial charge is 0.326 e. The summed E-state index contributed by atoms with van der Waals surface area (Å²) < 4.78 is 0. The predicted octanol–water partition coefficient (Wildman–Crippen LogP) is -1.90. The first-order valence-corrected chi connectivity index (χ1v) is 9.78. The topological polar surface area (TPSA) is 210 Å². The number of nitrogens with one attached hydrogen (secondary N) is 4. The molecule has 0 aliphatic carbocycles. The Morgan fingerprint density at radius 1 is 1.03 bits per heavy atom. The van der Waals surface area contributed by atoms with Gasteiger partial charge in [-0.1, -0.05) is 18.2 Å². The lowest BCUT2D eigenvalue weighted by Crippen LogP contribution is -2.56. The first kappa shape index (κ1) is 24.3. The molecule has 12 heteroatoms. The van der Waals surface area contributed by atoms with Crippen LogP contribution in [0.4, 0.5) is 0 Å². The van der Waals surface area contributed by atoms with E-state index in [0.29, 0.717) is 0 Å². The summed E-state index contributed by atoms with van der Waals surface area (Å²) in [6.45, 7) is 1.00. The van der Waals surface area contributed by atoms with Gasteiger partial charge in [0.05, 0.1) is 13.0 Å². The van der Waals surface area contributed by atoms with Crippen molar-refractivity contribution in [3.05, 3.63) is 36.0 Å². The van der Waals surface area contributed by atoms with Gasteiger partial charge in [-0.05, 0) is 18.6 Å². The molecule has 0 radical (unpaired) electrons. The second-order valence-electron chi connectivity index (χ2n) is 7.19. The Bertz CT molecular complexity index is 1020. The summed E-state index contributed by atoms with van der Waals surface area (Å²) in [5.74, 6) is -4.40. The molecule has 1 aromatic carbocycles. The van der Waals surface area contributed by atoms with Gasteiger partial charge < -0.3 is 37.5 Å². The third kappa shape index (κ3) is 6.54. The standard InChI is InChI=1S/C20H26N6O6/c1-10(18(29)26-15(20(31)32)7-16(22)27)24-19(30)14(25-17(28)8-21)6-11-9-23-13-5-3-2-4-12(11)13/h2-5,9-10,14-15,23H,6-8,21H2,1H3,(H2,22,27)(H,24,30)(H,25,28)(H,26,29)(H,31,32). The van der Waals surface area contributed by atoms with Crippen LogP contribution in [0.5, 0.6) is 0 Å². The van der Waals surface area contributed by atoms with Crippen LogP contribution in [-0.4, -0.2) is 64.4 Å². The number of hydrogen-bond acceptors (Lipinski definition) is 6. The molecule has 0 aliphatic heterocycles. The summed E-state index contributed by atoms with van der Waals surface area (Å²) in [5, 5.41) is 17.1. The number of rotatable bonds is 11. The van der Waals surface area contributed by atoms with Crippen LogP contribution in [-0.2, 0) is 30.4 Å². The third-order valence-electron chi connectivity index (χ3n) is 4.71. The number of fused-ring (bicyclic) bond motifs is 1. The highest BCUT2D eigenvalue weighted by Gasteiger charge is 2.28. The number of hydrogen-bond donors (Lipinski definition) is 7. The number of carboxylic acids is 1. The largest absolute Gasteiger partial charge is 0.480 e. The summed E-state index contributed by atoms with van der Waals surface area (Å²) >= 11 is 0. The number of amides is 4. The molecule has 4 amide bonds. The number of carboxylic acid groups (broad SMARTS) is 1. The number of para-hydroxylation sites is 1. The van der Waals surface area contributed by atoms with E-state index in [1.54, 1.807) is 6.20 Å². The van der Waals surface area contributed by atoms with Crippen LogP contribution in [0, 0.1) is 0 Å². The van der Waals surface area contributed by atoms with Crippen molar-refractivity contribution >= 4 is 40.5 Å².